The number of nitrogens with one attached hydrogen (secondary N) is 1. The van der Waals surface area contributed by atoms with Gasteiger partial charge in [0.2, 0.25) is 0 Å². The smallest absolute Gasteiger partial charge is 0.0361 e. The first kappa shape index (κ1) is 10.7. The lowest BCUT2D eigenvalue weighted by Gasteiger charge is -2.14. The van der Waals surface area contributed by atoms with E-state index in [0.29, 0.717) is 0 Å². The highest BCUT2D eigenvalue weighted by molar-refractivity contribution is 5.07. The van der Waals surface area contributed by atoms with Crippen LogP contribution >= 0.6 is 0 Å². The molecule has 0 radical (unpaired) electrons. The predicted molar refractivity (Wildman–Crippen MR) is 63.7 cm³/mol. The summed E-state index contributed by atoms with van der Waals surface area (Å²) in [7, 11) is 0. The lowest BCUT2D eigenvalue weighted by Crippen LogP contribution is -2.19. The number of nitrogens with zero attached hydrogens (tertiary/aromatic N) is 1. The molecule has 1 fully saturated rings. The van der Waals surface area contributed by atoms with Gasteiger partial charge in [-0.1, -0.05) is 20.3 Å². The van der Waals surface area contributed by atoms with Crippen LogP contribution in [0.4, 0.5) is 0 Å². The summed E-state index contributed by atoms with van der Waals surface area (Å²) >= 11 is 0. The number of aromatic nitrogens is 1. The molecule has 2 nitrogen and oxygen atoms in total. The highest BCUT2D eigenvalue weighted by Gasteiger charge is 2.20. The summed E-state index contributed by atoms with van der Waals surface area (Å²) in [5.74, 6) is 0.775. The third kappa shape index (κ3) is 3.10. The maximum atomic E-state index is 3.57. The van der Waals surface area contributed by atoms with E-state index in [1.54, 1.807) is 0 Å². The molecule has 1 aromatic heterocycles. The van der Waals surface area contributed by atoms with Crippen LogP contribution in [0.5, 0.6) is 0 Å². The van der Waals surface area contributed by atoms with Crippen LogP contribution in [0, 0.1) is 5.92 Å². The van der Waals surface area contributed by atoms with Gasteiger partial charge in [0.1, 0.15) is 0 Å². The minimum atomic E-state index is 0.775. The Kier molecular flexibility index (Phi) is 3.47. The third-order valence-corrected chi connectivity index (χ3v) is 3.28. The van der Waals surface area contributed by atoms with Gasteiger partial charge >= 0.3 is 0 Å². The molecular formula is C13H22N2. The topological polar surface area (TPSA) is 17.0 Å². The minimum absolute atomic E-state index is 0.775. The average molecular weight is 206 g/mol. The minimum Gasteiger partial charge on any atom is -0.350 e. The van der Waals surface area contributed by atoms with Crippen LogP contribution in [0.2, 0.25) is 0 Å². The Bertz CT molecular complexity index is 299. The van der Waals surface area contributed by atoms with Crippen molar-refractivity contribution < 1.29 is 0 Å². The fourth-order valence-corrected chi connectivity index (χ4v) is 1.79. The van der Waals surface area contributed by atoms with Gasteiger partial charge in [-0.3, -0.25) is 0 Å². The molecule has 1 aliphatic rings. The molecule has 1 unspecified atom stereocenters. The lowest BCUT2D eigenvalue weighted by molar-refractivity contribution is 0.455. The van der Waals surface area contributed by atoms with Crippen LogP contribution in [-0.4, -0.2) is 10.6 Å². The van der Waals surface area contributed by atoms with Crippen molar-refractivity contribution in [3.05, 3.63) is 24.0 Å². The number of rotatable bonds is 6. The molecule has 0 saturated heterocycles. The van der Waals surface area contributed by atoms with Crippen molar-refractivity contribution in [2.75, 3.05) is 0 Å². The molecule has 0 bridgehead atoms. The Balaban J connectivity index is 1.88. The third-order valence-electron chi connectivity index (χ3n) is 3.28. The van der Waals surface area contributed by atoms with Crippen molar-refractivity contribution in [2.45, 2.75) is 52.2 Å². The second kappa shape index (κ2) is 4.84. The summed E-state index contributed by atoms with van der Waals surface area (Å²) in [6.07, 6.45) is 6.20. The van der Waals surface area contributed by atoms with Crippen LogP contribution < -0.4 is 5.32 Å². The van der Waals surface area contributed by atoms with E-state index in [-0.39, 0.29) is 0 Å². The SMILES string of the molecule is CCC(C)Cn1cccc1CNC1CC1. The molecule has 1 saturated carbocycles. The van der Waals surface area contributed by atoms with Crippen molar-refractivity contribution in [2.24, 2.45) is 5.92 Å². The van der Waals surface area contributed by atoms with E-state index in [2.05, 4.69) is 42.1 Å². The van der Waals surface area contributed by atoms with E-state index >= 15 is 0 Å². The average Bonchev–Trinajstić information content (AvgIpc) is 2.97. The first-order chi connectivity index (χ1) is 7.29. The van der Waals surface area contributed by atoms with E-state index in [9.17, 15) is 0 Å². The van der Waals surface area contributed by atoms with E-state index in [0.717, 1.165) is 25.0 Å². The maximum absolute atomic E-state index is 3.57. The van der Waals surface area contributed by atoms with Crippen molar-refractivity contribution in [3.8, 4) is 0 Å². The monoisotopic (exact) mass is 206 g/mol. The largest absolute Gasteiger partial charge is 0.350 e. The van der Waals surface area contributed by atoms with Crippen LogP contribution in [0.1, 0.15) is 38.8 Å². The zero-order valence-electron chi connectivity index (χ0n) is 9.87. The van der Waals surface area contributed by atoms with Crippen molar-refractivity contribution in [1.29, 1.82) is 0 Å². The van der Waals surface area contributed by atoms with E-state index in [1.165, 1.54) is 25.0 Å². The fourth-order valence-electron chi connectivity index (χ4n) is 1.79. The van der Waals surface area contributed by atoms with E-state index in [1.807, 2.05) is 0 Å². The van der Waals surface area contributed by atoms with Gasteiger partial charge in [-0.15, -0.1) is 0 Å². The normalized spacial score (nSPS) is 18.0. The molecule has 84 valence electrons. The number of hydrogen-bond donors (Lipinski definition) is 1. The molecular weight excluding hydrogens is 184 g/mol. The second-order valence-corrected chi connectivity index (χ2v) is 4.82. The molecule has 1 aromatic rings. The molecule has 2 rings (SSSR count). The van der Waals surface area contributed by atoms with Crippen molar-refractivity contribution in [3.63, 3.8) is 0 Å². The Morgan fingerprint density at radius 1 is 1.53 bits per heavy atom. The summed E-state index contributed by atoms with van der Waals surface area (Å²) in [4.78, 5) is 0. The van der Waals surface area contributed by atoms with Gasteiger partial charge < -0.3 is 9.88 Å². The van der Waals surface area contributed by atoms with Crippen LogP contribution in [0.3, 0.4) is 0 Å². The predicted octanol–water partition coefficient (Wildman–Crippen LogP) is 2.79. The Morgan fingerprint density at radius 3 is 3.00 bits per heavy atom. The quantitative estimate of drug-likeness (QED) is 0.757. The summed E-state index contributed by atoms with van der Waals surface area (Å²) in [6.45, 7) is 6.77. The first-order valence-corrected chi connectivity index (χ1v) is 6.17. The van der Waals surface area contributed by atoms with Crippen LogP contribution in [0.25, 0.3) is 0 Å². The van der Waals surface area contributed by atoms with Gasteiger partial charge in [-0.25, -0.2) is 0 Å². The van der Waals surface area contributed by atoms with Gasteiger partial charge in [-0.05, 0) is 30.9 Å². The van der Waals surface area contributed by atoms with Crippen molar-refractivity contribution >= 4 is 0 Å². The molecule has 2 heteroatoms. The fraction of sp³-hybridized carbons (Fsp3) is 0.692. The molecule has 1 heterocycles. The molecule has 0 aliphatic heterocycles. The van der Waals surface area contributed by atoms with Crippen molar-refractivity contribution in [1.82, 2.24) is 9.88 Å². The van der Waals surface area contributed by atoms with Gasteiger partial charge in [0.15, 0.2) is 0 Å². The summed E-state index contributed by atoms with van der Waals surface area (Å²) in [5, 5.41) is 3.57. The second-order valence-electron chi connectivity index (χ2n) is 4.82. The molecule has 15 heavy (non-hydrogen) atoms. The summed E-state index contributed by atoms with van der Waals surface area (Å²) in [5.41, 5.74) is 1.43. The Labute approximate surface area is 92.7 Å². The summed E-state index contributed by atoms with van der Waals surface area (Å²) in [6, 6.07) is 5.20. The zero-order valence-corrected chi connectivity index (χ0v) is 9.87. The molecule has 0 spiro atoms. The molecule has 1 N–H and O–H groups in total. The Hall–Kier alpha value is -0.760. The lowest BCUT2D eigenvalue weighted by atomic mass is 10.1. The molecule has 1 atom stereocenters. The van der Waals surface area contributed by atoms with E-state index in [4.69, 9.17) is 0 Å². The van der Waals surface area contributed by atoms with Crippen LogP contribution in [-0.2, 0) is 13.1 Å². The molecule has 0 aromatic carbocycles. The first-order valence-electron chi connectivity index (χ1n) is 6.17. The molecule has 1 aliphatic carbocycles. The molecule has 0 amide bonds. The van der Waals surface area contributed by atoms with Crippen LogP contribution in [0.15, 0.2) is 18.3 Å². The highest BCUT2D eigenvalue weighted by Crippen LogP contribution is 2.19. The van der Waals surface area contributed by atoms with Gasteiger partial charge in [0.05, 0.1) is 0 Å². The Morgan fingerprint density at radius 2 is 2.33 bits per heavy atom. The maximum Gasteiger partial charge on any atom is 0.0361 e. The van der Waals surface area contributed by atoms with E-state index < -0.39 is 0 Å². The number of hydrogen-bond acceptors (Lipinski definition) is 1. The van der Waals surface area contributed by atoms with Gasteiger partial charge in [-0.2, -0.15) is 0 Å². The standard InChI is InChI=1S/C13H22N2/c1-3-11(2)10-15-8-4-5-13(15)9-14-12-6-7-12/h4-5,8,11-12,14H,3,6-7,9-10H2,1-2H3. The zero-order chi connectivity index (χ0) is 10.7. The summed E-state index contributed by atoms with van der Waals surface area (Å²) < 4.78 is 2.39. The van der Waals surface area contributed by atoms with Gasteiger partial charge in [0.25, 0.3) is 0 Å². The van der Waals surface area contributed by atoms with Gasteiger partial charge in [0, 0.05) is 31.0 Å². The highest BCUT2D eigenvalue weighted by atomic mass is 15.0.